The summed E-state index contributed by atoms with van der Waals surface area (Å²) in [7, 11) is 0. The van der Waals surface area contributed by atoms with E-state index in [9.17, 15) is 10.1 Å². The Morgan fingerprint density at radius 3 is 3.00 bits per heavy atom. The summed E-state index contributed by atoms with van der Waals surface area (Å²) in [6.45, 7) is 0.290. The molecule has 0 amide bonds. The highest BCUT2D eigenvalue weighted by molar-refractivity contribution is 14.1. The SMILES string of the molecule is [N-]=[N+]=NCC(I)c1cccc([N+](=O)[O-])c1. The molecule has 1 aromatic rings. The Balaban J connectivity index is 2.89. The Bertz CT molecular complexity index is 417. The van der Waals surface area contributed by atoms with Crippen molar-refractivity contribution in [2.45, 2.75) is 3.92 Å². The molecular formula is C8H7IN4O2. The first-order chi connectivity index (χ1) is 7.15. The molecule has 0 aliphatic carbocycles. The smallest absolute Gasteiger partial charge is 0.258 e. The van der Waals surface area contributed by atoms with Crippen LogP contribution in [0.2, 0.25) is 0 Å². The summed E-state index contributed by atoms with van der Waals surface area (Å²) in [4.78, 5) is 12.7. The summed E-state index contributed by atoms with van der Waals surface area (Å²) in [6.07, 6.45) is 0. The molecule has 0 aromatic heterocycles. The molecule has 1 unspecified atom stereocenters. The van der Waals surface area contributed by atoms with Gasteiger partial charge in [0.1, 0.15) is 0 Å². The molecule has 1 atom stereocenters. The number of nitro groups is 1. The fraction of sp³-hybridized carbons (Fsp3) is 0.250. The molecule has 7 heteroatoms. The minimum atomic E-state index is -0.444. The van der Waals surface area contributed by atoms with Crippen LogP contribution in [0.1, 0.15) is 9.49 Å². The van der Waals surface area contributed by atoms with E-state index in [1.807, 2.05) is 0 Å². The molecule has 0 N–H and O–H groups in total. The molecule has 15 heavy (non-hydrogen) atoms. The molecule has 6 nitrogen and oxygen atoms in total. The standard InChI is InChI=1S/C8H7IN4O2/c9-8(5-11-12-10)6-2-1-3-7(4-6)13(14)15/h1-4,8H,5H2. The highest BCUT2D eigenvalue weighted by atomic mass is 127. The van der Waals surface area contributed by atoms with E-state index in [4.69, 9.17) is 5.53 Å². The summed E-state index contributed by atoms with van der Waals surface area (Å²) in [5, 5.41) is 13.9. The van der Waals surface area contributed by atoms with E-state index in [1.54, 1.807) is 12.1 Å². The minimum absolute atomic E-state index is 0.0431. The Morgan fingerprint density at radius 1 is 1.67 bits per heavy atom. The molecule has 0 saturated carbocycles. The van der Waals surface area contributed by atoms with Crippen LogP contribution >= 0.6 is 22.6 Å². The number of hydrogen-bond donors (Lipinski definition) is 0. The maximum absolute atomic E-state index is 10.5. The van der Waals surface area contributed by atoms with Gasteiger partial charge in [-0.3, -0.25) is 10.1 Å². The first-order valence-electron chi connectivity index (χ1n) is 4.04. The third kappa shape index (κ3) is 3.37. The van der Waals surface area contributed by atoms with Crippen LogP contribution in [-0.4, -0.2) is 11.5 Å². The van der Waals surface area contributed by atoms with E-state index in [0.717, 1.165) is 5.56 Å². The van der Waals surface area contributed by atoms with Crippen LogP contribution in [0.4, 0.5) is 5.69 Å². The van der Waals surface area contributed by atoms with Gasteiger partial charge in [0.15, 0.2) is 0 Å². The van der Waals surface area contributed by atoms with Gasteiger partial charge < -0.3 is 0 Å². The summed E-state index contributed by atoms with van der Waals surface area (Å²) < 4.78 is -0.0431. The highest BCUT2D eigenvalue weighted by Gasteiger charge is 2.10. The molecule has 0 spiro atoms. The van der Waals surface area contributed by atoms with Gasteiger partial charge in [-0.05, 0) is 11.1 Å². The predicted octanol–water partition coefficient (Wildman–Crippen LogP) is 3.38. The van der Waals surface area contributed by atoms with Crippen LogP contribution in [-0.2, 0) is 0 Å². The van der Waals surface area contributed by atoms with Crippen molar-refractivity contribution in [3.63, 3.8) is 0 Å². The second-order valence-corrected chi connectivity index (χ2v) is 4.24. The van der Waals surface area contributed by atoms with E-state index in [0.29, 0.717) is 0 Å². The van der Waals surface area contributed by atoms with E-state index in [2.05, 4.69) is 32.6 Å². The molecule has 1 aromatic carbocycles. The summed E-state index contributed by atoms with van der Waals surface area (Å²) in [6, 6.07) is 6.32. The van der Waals surface area contributed by atoms with Gasteiger partial charge in [-0.15, -0.1) is 0 Å². The number of nitrogens with zero attached hydrogens (tertiary/aromatic N) is 4. The number of alkyl halides is 1. The van der Waals surface area contributed by atoms with Crippen LogP contribution in [0, 0.1) is 10.1 Å². The Morgan fingerprint density at radius 2 is 2.40 bits per heavy atom. The van der Waals surface area contributed by atoms with E-state index >= 15 is 0 Å². The number of benzene rings is 1. The lowest BCUT2D eigenvalue weighted by molar-refractivity contribution is -0.384. The zero-order valence-electron chi connectivity index (χ0n) is 7.58. The molecular weight excluding hydrogens is 311 g/mol. The Labute approximate surface area is 99.2 Å². The predicted molar refractivity (Wildman–Crippen MR) is 63.9 cm³/mol. The fourth-order valence-corrected chi connectivity index (χ4v) is 1.61. The molecule has 0 saturated heterocycles. The summed E-state index contributed by atoms with van der Waals surface area (Å²) in [5.41, 5.74) is 8.99. The number of azide groups is 1. The third-order valence-electron chi connectivity index (χ3n) is 1.75. The zero-order chi connectivity index (χ0) is 11.3. The van der Waals surface area contributed by atoms with Crippen LogP contribution in [0.5, 0.6) is 0 Å². The molecule has 0 aliphatic rings. The molecule has 78 valence electrons. The second kappa shape index (κ2) is 5.52. The van der Waals surface area contributed by atoms with Gasteiger partial charge in [0.05, 0.1) is 4.92 Å². The number of halogens is 1. The normalized spacial score (nSPS) is 11.5. The first kappa shape index (κ1) is 11.7. The summed E-state index contributed by atoms with van der Waals surface area (Å²) in [5.74, 6) is 0. The molecule has 0 heterocycles. The summed E-state index contributed by atoms with van der Waals surface area (Å²) >= 11 is 2.08. The van der Waals surface area contributed by atoms with Crippen LogP contribution < -0.4 is 0 Å². The quantitative estimate of drug-likeness (QED) is 0.162. The Hall–Kier alpha value is -1.34. The number of rotatable bonds is 4. The zero-order valence-corrected chi connectivity index (χ0v) is 9.73. The van der Waals surface area contributed by atoms with Crippen molar-refractivity contribution >= 4 is 28.3 Å². The van der Waals surface area contributed by atoms with Crippen molar-refractivity contribution in [1.82, 2.24) is 0 Å². The molecule has 0 bridgehead atoms. The molecule has 1 rings (SSSR count). The van der Waals surface area contributed by atoms with Crippen molar-refractivity contribution in [2.75, 3.05) is 6.54 Å². The maximum atomic E-state index is 10.5. The molecule has 0 radical (unpaired) electrons. The van der Waals surface area contributed by atoms with Gasteiger partial charge in [0.2, 0.25) is 0 Å². The average Bonchev–Trinajstić information content (AvgIpc) is 2.26. The lowest BCUT2D eigenvalue weighted by Crippen LogP contribution is -1.95. The second-order valence-electron chi connectivity index (χ2n) is 2.73. The van der Waals surface area contributed by atoms with Crippen LogP contribution in [0.15, 0.2) is 29.4 Å². The van der Waals surface area contributed by atoms with Crippen LogP contribution in [0.3, 0.4) is 0 Å². The maximum Gasteiger partial charge on any atom is 0.269 e. The number of hydrogen-bond acceptors (Lipinski definition) is 3. The minimum Gasteiger partial charge on any atom is -0.258 e. The van der Waals surface area contributed by atoms with E-state index < -0.39 is 4.92 Å². The monoisotopic (exact) mass is 318 g/mol. The number of non-ortho nitro benzene ring substituents is 1. The first-order valence-corrected chi connectivity index (χ1v) is 5.29. The highest BCUT2D eigenvalue weighted by Crippen LogP contribution is 2.26. The molecule has 0 aliphatic heterocycles. The van der Waals surface area contributed by atoms with Gasteiger partial charge in [0, 0.05) is 27.5 Å². The number of nitro benzene ring substituents is 1. The van der Waals surface area contributed by atoms with Crippen molar-refractivity contribution in [2.24, 2.45) is 5.11 Å². The van der Waals surface area contributed by atoms with Gasteiger partial charge in [-0.25, -0.2) is 0 Å². The average molecular weight is 318 g/mol. The van der Waals surface area contributed by atoms with Crippen molar-refractivity contribution in [1.29, 1.82) is 0 Å². The Kier molecular flexibility index (Phi) is 4.32. The van der Waals surface area contributed by atoms with Crippen molar-refractivity contribution in [3.05, 3.63) is 50.4 Å². The fourth-order valence-electron chi connectivity index (χ4n) is 1.05. The lowest BCUT2D eigenvalue weighted by atomic mass is 10.1. The van der Waals surface area contributed by atoms with E-state index in [-0.39, 0.29) is 16.2 Å². The van der Waals surface area contributed by atoms with Gasteiger partial charge >= 0.3 is 0 Å². The molecule has 0 fully saturated rings. The van der Waals surface area contributed by atoms with E-state index in [1.165, 1.54) is 12.1 Å². The van der Waals surface area contributed by atoms with Gasteiger partial charge in [0.25, 0.3) is 5.69 Å². The van der Waals surface area contributed by atoms with Crippen LogP contribution in [0.25, 0.3) is 10.4 Å². The van der Waals surface area contributed by atoms with Gasteiger partial charge in [-0.1, -0.05) is 39.8 Å². The van der Waals surface area contributed by atoms with Gasteiger partial charge in [-0.2, -0.15) is 0 Å². The topological polar surface area (TPSA) is 91.9 Å². The van der Waals surface area contributed by atoms with Crippen molar-refractivity contribution < 1.29 is 4.92 Å². The lowest BCUT2D eigenvalue weighted by Gasteiger charge is -2.05. The third-order valence-corrected chi connectivity index (χ3v) is 2.86. The van der Waals surface area contributed by atoms with Crippen molar-refractivity contribution in [3.8, 4) is 0 Å². The largest absolute Gasteiger partial charge is 0.269 e.